The third kappa shape index (κ3) is 2.52. The molecule has 0 N–H and O–H groups in total. The summed E-state index contributed by atoms with van der Waals surface area (Å²) in [6.45, 7) is 2.47. The molecule has 1 aliphatic heterocycles. The number of ether oxygens (including phenoxy) is 2. The largest absolute Gasteiger partial charge is 0.490 e. The second-order valence-corrected chi connectivity index (χ2v) is 5.02. The molecule has 3 heteroatoms. The molecule has 0 aliphatic carbocycles. The minimum absolute atomic E-state index is 0.161. The highest BCUT2D eigenvalue weighted by Gasteiger charge is 2.21. The van der Waals surface area contributed by atoms with E-state index in [-0.39, 0.29) is 6.10 Å². The maximum absolute atomic E-state index is 11.2. The van der Waals surface area contributed by atoms with Gasteiger partial charge >= 0.3 is 0 Å². The predicted octanol–water partition coefficient (Wildman–Crippen LogP) is 3.40. The van der Waals surface area contributed by atoms with Crippen LogP contribution in [0.25, 0.3) is 0 Å². The van der Waals surface area contributed by atoms with Gasteiger partial charge in [-0.1, -0.05) is 30.3 Å². The molecule has 2 aromatic carbocycles. The lowest BCUT2D eigenvalue weighted by molar-refractivity contribution is 0.111. The average molecular weight is 268 g/mol. The number of hydrogen-bond donors (Lipinski definition) is 0. The van der Waals surface area contributed by atoms with Crippen LogP contribution in [0.2, 0.25) is 0 Å². The summed E-state index contributed by atoms with van der Waals surface area (Å²) in [5.41, 5.74) is 2.72. The van der Waals surface area contributed by atoms with E-state index in [9.17, 15) is 4.79 Å². The summed E-state index contributed by atoms with van der Waals surface area (Å²) in [7, 11) is 0. The second-order valence-electron chi connectivity index (χ2n) is 5.02. The number of rotatable bonds is 4. The van der Waals surface area contributed by atoms with Crippen molar-refractivity contribution in [1.29, 1.82) is 0 Å². The molecule has 0 spiro atoms. The van der Waals surface area contributed by atoms with Crippen LogP contribution in [0.15, 0.2) is 42.5 Å². The van der Waals surface area contributed by atoms with Gasteiger partial charge in [-0.2, -0.15) is 0 Å². The number of fused-ring (bicyclic) bond motifs is 1. The summed E-state index contributed by atoms with van der Waals surface area (Å²) in [6.07, 6.45) is 1.83. The molecule has 3 nitrogen and oxygen atoms in total. The number of benzene rings is 2. The van der Waals surface area contributed by atoms with Gasteiger partial charge in [0, 0.05) is 12.0 Å². The Morgan fingerprint density at radius 2 is 2.10 bits per heavy atom. The molecule has 0 fully saturated rings. The van der Waals surface area contributed by atoms with Crippen molar-refractivity contribution in [2.75, 3.05) is 0 Å². The standard InChI is InChI=1S/C17H16O3/c1-12-7-14-8-16(15(10-18)9-17(14)20-12)19-11-13-5-3-2-4-6-13/h2-6,8-10,12H,7,11H2,1H3/t12-/m0/s1. The van der Waals surface area contributed by atoms with Crippen molar-refractivity contribution < 1.29 is 14.3 Å². The average Bonchev–Trinajstić information content (AvgIpc) is 2.84. The molecule has 0 aromatic heterocycles. The third-order valence-electron chi connectivity index (χ3n) is 3.39. The molecule has 20 heavy (non-hydrogen) atoms. The zero-order valence-corrected chi connectivity index (χ0v) is 11.3. The molecule has 0 unspecified atom stereocenters. The lowest BCUT2D eigenvalue weighted by Crippen LogP contribution is -2.05. The molecule has 0 radical (unpaired) electrons. The Morgan fingerprint density at radius 3 is 2.85 bits per heavy atom. The summed E-state index contributed by atoms with van der Waals surface area (Å²) < 4.78 is 11.4. The minimum atomic E-state index is 0.161. The first-order chi connectivity index (χ1) is 9.76. The van der Waals surface area contributed by atoms with Crippen molar-refractivity contribution in [2.45, 2.75) is 26.1 Å². The van der Waals surface area contributed by atoms with Crippen molar-refractivity contribution in [1.82, 2.24) is 0 Å². The van der Waals surface area contributed by atoms with Gasteiger partial charge in [0.05, 0.1) is 5.56 Å². The molecule has 0 saturated heterocycles. The fourth-order valence-electron chi connectivity index (χ4n) is 2.41. The van der Waals surface area contributed by atoms with Gasteiger partial charge in [0.1, 0.15) is 24.2 Å². The van der Waals surface area contributed by atoms with Crippen LogP contribution in [0.1, 0.15) is 28.4 Å². The quantitative estimate of drug-likeness (QED) is 0.797. The smallest absolute Gasteiger partial charge is 0.153 e. The zero-order valence-electron chi connectivity index (χ0n) is 11.3. The zero-order chi connectivity index (χ0) is 13.9. The molecular formula is C17H16O3. The fraction of sp³-hybridized carbons (Fsp3) is 0.235. The fourth-order valence-corrected chi connectivity index (χ4v) is 2.41. The molecule has 2 aromatic rings. The van der Waals surface area contributed by atoms with E-state index in [1.165, 1.54) is 0 Å². The third-order valence-corrected chi connectivity index (χ3v) is 3.39. The summed E-state index contributed by atoms with van der Waals surface area (Å²) in [5, 5.41) is 0. The molecule has 102 valence electrons. The SMILES string of the molecule is C[C@H]1Cc2cc(OCc3ccccc3)c(C=O)cc2O1. The molecule has 1 aliphatic rings. The highest BCUT2D eigenvalue weighted by Crippen LogP contribution is 2.34. The number of aldehydes is 1. The minimum Gasteiger partial charge on any atom is -0.490 e. The maximum atomic E-state index is 11.2. The van der Waals surface area contributed by atoms with Crippen LogP contribution in [0.4, 0.5) is 0 Å². The Kier molecular flexibility index (Phi) is 3.42. The van der Waals surface area contributed by atoms with Crippen molar-refractivity contribution in [2.24, 2.45) is 0 Å². The van der Waals surface area contributed by atoms with Crippen molar-refractivity contribution >= 4 is 6.29 Å². The number of carbonyl (C=O) groups is 1. The highest BCUT2D eigenvalue weighted by molar-refractivity contribution is 5.81. The van der Waals surface area contributed by atoms with Gasteiger partial charge in [-0.3, -0.25) is 4.79 Å². The van der Waals surface area contributed by atoms with Crippen LogP contribution < -0.4 is 9.47 Å². The molecule has 1 heterocycles. The number of hydrogen-bond acceptors (Lipinski definition) is 3. The summed E-state index contributed by atoms with van der Waals surface area (Å²) in [5.74, 6) is 1.42. The van der Waals surface area contributed by atoms with Gasteiger partial charge in [0.25, 0.3) is 0 Å². The van der Waals surface area contributed by atoms with Crippen LogP contribution in [0.5, 0.6) is 11.5 Å². The van der Waals surface area contributed by atoms with E-state index in [0.717, 1.165) is 29.6 Å². The van der Waals surface area contributed by atoms with E-state index in [0.29, 0.717) is 17.9 Å². The van der Waals surface area contributed by atoms with Gasteiger partial charge in [-0.25, -0.2) is 0 Å². The topological polar surface area (TPSA) is 35.5 Å². The van der Waals surface area contributed by atoms with Crippen molar-refractivity contribution in [3.05, 3.63) is 59.2 Å². The van der Waals surface area contributed by atoms with Crippen LogP contribution >= 0.6 is 0 Å². The van der Waals surface area contributed by atoms with E-state index in [4.69, 9.17) is 9.47 Å². The van der Waals surface area contributed by atoms with Gasteiger partial charge < -0.3 is 9.47 Å². The van der Waals surface area contributed by atoms with Crippen LogP contribution in [-0.2, 0) is 13.0 Å². The Bertz CT molecular complexity index is 620. The van der Waals surface area contributed by atoms with Gasteiger partial charge in [0.15, 0.2) is 6.29 Å². The van der Waals surface area contributed by atoms with E-state index >= 15 is 0 Å². The monoisotopic (exact) mass is 268 g/mol. The molecule has 0 bridgehead atoms. The first-order valence-electron chi connectivity index (χ1n) is 6.72. The lowest BCUT2D eigenvalue weighted by atomic mass is 10.1. The maximum Gasteiger partial charge on any atom is 0.153 e. The molecule has 1 atom stereocenters. The van der Waals surface area contributed by atoms with Crippen LogP contribution in [0, 0.1) is 0 Å². The van der Waals surface area contributed by atoms with E-state index in [1.807, 2.05) is 43.3 Å². The Morgan fingerprint density at radius 1 is 1.30 bits per heavy atom. The second kappa shape index (κ2) is 5.37. The molecule has 0 amide bonds. The Hall–Kier alpha value is -2.29. The molecular weight excluding hydrogens is 252 g/mol. The molecule has 0 saturated carbocycles. The summed E-state index contributed by atoms with van der Waals surface area (Å²) in [4.78, 5) is 11.2. The predicted molar refractivity (Wildman–Crippen MR) is 76.4 cm³/mol. The van der Waals surface area contributed by atoms with Gasteiger partial charge in [0.2, 0.25) is 0 Å². The first-order valence-corrected chi connectivity index (χ1v) is 6.72. The van der Waals surface area contributed by atoms with Gasteiger partial charge in [-0.05, 0) is 24.6 Å². The van der Waals surface area contributed by atoms with Crippen molar-refractivity contribution in [3.63, 3.8) is 0 Å². The normalized spacial score (nSPS) is 16.4. The van der Waals surface area contributed by atoms with Gasteiger partial charge in [-0.15, -0.1) is 0 Å². The summed E-state index contributed by atoms with van der Waals surface area (Å²) >= 11 is 0. The lowest BCUT2D eigenvalue weighted by Gasteiger charge is -2.10. The highest BCUT2D eigenvalue weighted by atomic mass is 16.5. The Labute approximate surface area is 118 Å². The molecule has 3 rings (SSSR count). The number of carbonyl (C=O) groups excluding carboxylic acids is 1. The van der Waals surface area contributed by atoms with Crippen molar-refractivity contribution in [3.8, 4) is 11.5 Å². The van der Waals surface area contributed by atoms with E-state index in [1.54, 1.807) is 6.07 Å². The summed E-state index contributed by atoms with van der Waals surface area (Å²) in [6, 6.07) is 13.6. The van der Waals surface area contributed by atoms with E-state index < -0.39 is 0 Å². The van der Waals surface area contributed by atoms with Crippen LogP contribution in [0.3, 0.4) is 0 Å². The van der Waals surface area contributed by atoms with Crippen LogP contribution in [-0.4, -0.2) is 12.4 Å². The van der Waals surface area contributed by atoms with E-state index in [2.05, 4.69) is 0 Å². The Balaban J connectivity index is 1.82. The first kappa shape index (κ1) is 12.7.